The van der Waals surface area contributed by atoms with Crippen molar-refractivity contribution in [1.82, 2.24) is 19.4 Å². The molecular formula is C13H18N4. The molecule has 2 aromatic rings. The highest BCUT2D eigenvalue weighted by Gasteiger charge is 2.24. The summed E-state index contributed by atoms with van der Waals surface area (Å²) in [6, 6.07) is 2.81. The monoisotopic (exact) mass is 230 g/mol. The minimum Gasteiger partial charge on any atom is -0.367 e. The molecular weight excluding hydrogens is 212 g/mol. The minimum absolute atomic E-state index is 0.652. The van der Waals surface area contributed by atoms with Crippen LogP contribution in [0.25, 0.3) is 0 Å². The van der Waals surface area contributed by atoms with Gasteiger partial charge in [0.25, 0.3) is 0 Å². The van der Waals surface area contributed by atoms with Gasteiger partial charge in [-0.05, 0) is 31.0 Å². The molecule has 3 heterocycles. The molecule has 3 rings (SSSR count). The zero-order valence-corrected chi connectivity index (χ0v) is 9.92. The van der Waals surface area contributed by atoms with E-state index in [0.29, 0.717) is 6.04 Å². The number of nitrogens with one attached hydrogen (secondary N) is 1. The van der Waals surface area contributed by atoms with Crippen LogP contribution in [0.1, 0.15) is 18.4 Å². The van der Waals surface area contributed by atoms with E-state index in [1.54, 1.807) is 0 Å². The maximum absolute atomic E-state index is 4.10. The maximum Gasteiger partial charge on any atom is 0.0946 e. The predicted octanol–water partition coefficient (Wildman–Crippen LogP) is 1.88. The van der Waals surface area contributed by atoms with Crippen LogP contribution in [0, 0.1) is 0 Å². The van der Waals surface area contributed by atoms with Gasteiger partial charge in [0.15, 0.2) is 0 Å². The number of rotatable bonds is 4. The number of aromatic amines is 1. The smallest absolute Gasteiger partial charge is 0.0946 e. The van der Waals surface area contributed by atoms with Gasteiger partial charge >= 0.3 is 0 Å². The van der Waals surface area contributed by atoms with Crippen LogP contribution in [0.4, 0.5) is 0 Å². The number of hydrogen-bond acceptors (Lipinski definition) is 2. The molecule has 1 fully saturated rings. The Kier molecular flexibility index (Phi) is 2.96. The van der Waals surface area contributed by atoms with Crippen LogP contribution in [-0.2, 0) is 13.1 Å². The van der Waals surface area contributed by atoms with Crippen molar-refractivity contribution in [3.63, 3.8) is 0 Å². The van der Waals surface area contributed by atoms with Crippen LogP contribution >= 0.6 is 0 Å². The molecule has 0 saturated carbocycles. The third kappa shape index (κ3) is 2.42. The Morgan fingerprint density at radius 3 is 3.24 bits per heavy atom. The molecule has 1 atom stereocenters. The molecule has 1 aliphatic heterocycles. The zero-order valence-electron chi connectivity index (χ0n) is 9.92. The molecule has 0 unspecified atom stereocenters. The fourth-order valence-corrected chi connectivity index (χ4v) is 2.64. The van der Waals surface area contributed by atoms with E-state index >= 15 is 0 Å². The van der Waals surface area contributed by atoms with Gasteiger partial charge in [-0.1, -0.05) is 0 Å². The van der Waals surface area contributed by atoms with Crippen molar-refractivity contribution >= 4 is 0 Å². The molecule has 1 saturated heterocycles. The summed E-state index contributed by atoms with van der Waals surface area (Å²) in [5.74, 6) is 0. The van der Waals surface area contributed by atoms with E-state index in [1.165, 1.54) is 24.9 Å². The highest BCUT2D eigenvalue weighted by molar-refractivity contribution is 5.08. The summed E-state index contributed by atoms with van der Waals surface area (Å²) in [6.07, 6.45) is 12.5. The zero-order chi connectivity index (χ0) is 11.5. The molecule has 0 bridgehead atoms. The van der Waals surface area contributed by atoms with Gasteiger partial charge < -0.3 is 9.55 Å². The fraction of sp³-hybridized carbons (Fsp3) is 0.462. The van der Waals surface area contributed by atoms with Gasteiger partial charge in [-0.25, -0.2) is 4.98 Å². The first-order valence-electron chi connectivity index (χ1n) is 6.23. The highest BCUT2D eigenvalue weighted by Crippen LogP contribution is 2.21. The lowest BCUT2D eigenvalue weighted by molar-refractivity contribution is 0.224. The molecule has 0 amide bonds. The normalized spacial score (nSPS) is 21.1. The number of hydrogen-bond donors (Lipinski definition) is 1. The first kappa shape index (κ1) is 10.6. The number of likely N-dealkylation sites (tertiary alicyclic amines) is 1. The summed E-state index contributed by atoms with van der Waals surface area (Å²) >= 11 is 0. The van der Waals surface area contributed by atoms with E-state index in [1.807, 2.05) is 24.9 Å². The van der Waals surface area contributed by atoms with Gasteiger partial charge in [0.1, 0.15) is 0 Å². The summed E-state index contributed by atoms with van der Waals surface area (Å²) < 4.78 is 2.18. The lowest BCUT2D eigenvalue weighted by atomic mass is 10.2. The molecule has 4 heteroatoms. The van der Waals surface area contributed by atoms with Gasteiger partial charge in [0, 0.05) is 43.9 Å². The van der Waals surface area contributed by atoms with E-state index in [0.717, 1.165) is 13.1 Å². The maximum atomic E-state index is 4.10. The molecule has 4 nitrogen and oxygen atoms in total. The number of H-pyrrole nitrogens is 1. The molecule has 1 N–H and O–H groups in total. The Balaban J connectivity index is 1.63. The largest absolute Gasteiger partial charge is 0.367 e. The van der Waals surface area contributed by atoms with Crippen LogP contribution in [0.3, 0.4) is 0 Å². The van der Waals surface area contributed by atoms with Gasteiger partial charge in [-0.3, -0.25) is 4.90 Å². The average molecular weight is 230 g/mol. The van der Waals surface area contributed by atoms with E-state index < -0.39 is 0 Å². The van der Waals surface area contributed by atoms with Crippen LogP contribution in [0.5, 0.6) is 0 Å². The Labute approximate surface area is 101 Å². The second-order valence-corrected chi connectivity index (χ2v) is 4.75. The summed E-state index contributed by atoms with van der Waals surface area (Å²) in [4.78, 5) is 9.80. The van der Waals surface area contributed by atoms with Crippen molar-refractivity contribution in [2.45, 2.75) is 32.0 Å². The highest BCUT2D eigenvalue weighted by atomic mass is 15.2. The quantitative estimate of drug-likeness (QED) is 0.870. The number of nitrogens with zero attached hydrogens (tertiary/aromatic N) is 3. The van der Waals surface area contributed by atoms with Crippen LogP contribution < -0.4 is 0 Å². The third-order valence-electron chi connectivity index (χ3n) is 3.53. The van der Waals surface area contributed by atoms with Crippen LogP contribution in [0.15, 0.2) is 37.2 Å². The Bertz CT molecular complexity index is 390. The van der Waals surface area contributed by atoms with Crippen LogP contribution in [0.2, 0.25) is 0 Å². The summed E-state index contributed by atoms with van der Waals surface area (Å²) in [6.45, 7) is 3.33. The summed E-state index contributed by atoms with van der Waals surface area (Å²) in [5.41, 5.74) is 1.38. The van der Waals surface area contributed by atoms with Crippen molar-refractivity contribution in [3.8, 4) is 0 Å². The van der Waals surface area contributed by atoms with Crippen molar-refractivity contribution in [3.05, 3.63) is 42.7 Å². The van der Waals surface area contributed by atoms with E-state index in [2.05, 4.69) is 31.7 Å². The van der Waals surface area contributed by atoms with Crippen molar-refractivity contribution in [2.24, 2.45) is 0 Å². The van der Waals surface area contributed by atoms with E-state index in [-0.39, 0.29) is 0 Å². The number of imidazole rings is 1. The average Bonchev–Trinajstić information content (AvgIpc) is 3.04. The summed E-state index contributed by atoms with van der Waals surface area (Å²) in [7, 11) is 0. The standard InChI is InChI=1S/C13H18N4/c1-2-13(10-16-7-5-15-11-16)17(6-1)9-12-3-4-14-8-12/h3-5,7-8,11,13-14H,1-2,6,9-10H2/t13-/m1/s1. The number of aromatic nitrogens is 3. The Hall–Kier alpha value is -1.55. The molecule has 90 valence electrons. The Morgan fingerprint density at radius 2 is 2.47 bits per heavy atom. The predicted molar refractivity (Wildman–Crippen MR) is 66.5 cm³/mol. The Morgan fingerprint density at radius 1 is 1.47 bits per heavy atom. The van der Waals surface area contributed by atoms with Gasteiger partial charge in [0.05, 0.1) is 6.33 Å². The lowest BCUT2D eigenvalue weighted by Gasteiger charge is -2.24. The van der Waals surface area contributed by atoms with Gasteiger partial charge in [-0.15, -0.1) is 0 Å². The van der Waals surface area contributed by atoms with Gasteiger partial charge in [0.2, 0.25) is 0 Å². The first-order chi connectivity index (χ1) is 8.42. The molecule has 0 aliphatic carbocycles. The van der Waals surface area contributed by atoms with Crippen molar-refractivity contribution in [2.75, 3.05) is 6.54 Å². The topological polar surface area (TPSA) is 36.9 Å². The minimum atomic E-state index is 0.652. The molecule has 17 heavy (non-hydrogen) atoms. The fourth-order valence-electron chi connectivity index (χ4n) is 2.64. The molecule has 2 aromatic heterocycles. The lowest BCUT2D eigenvalue weighted by Crippen LogP contribution is -2.32. The van der Waals surface area contributed by atoms with E-state index in [4.69, 9.17) is 0 Å². The van der Waals surface area contributed by atoms with Crippen molar-refractivity contribution < 1.29 is 0 Å². The third-order valence-corrected chi connectivity index (χ3v) is 3.53. The first-order valence-corrected chi connectivity index (χ1v) is 6.23. The second-order valence-electron chi connectivity index (χ2n) is 4.75. The van der Waals surface area contributed by atoms with Crippen molar-refractivity contribution in [1.29, 1.82) is 0 Å². The van der Waals surface area contributed by atoms with Gasteiger partial charge in [-0.2, -0.15) is 0 Å². The SMILES string of the molecule is c1cn(C[C@H]2CCCN2Cc2cc[nH]c2)cn1. The van der Waals surface area contributed by atoms with E-state index in [9.17, 15) is 0 Å². The summed E-state index contributed by atoms with van der Waals surface area (Å²) in [5, 5.41) is 0. The second kappa shape index (κ2) is 4.75. The molecule has 0 spiro atoms. The molecule has 0 radical (unpaired) electrons. The molecule has 0 aromatic carbocycles. The van der Waals surface area contributed by atoms with Crippen LogP contribution in [-0.4, -0.2) is 32.0 Å². The molecule has 1 aliphatic rings.